The lowest BCUT2D eigenvalue weighted by atomic mass is 10.2. The Morgan fingerprint density at radius 2 is 1.96 bits per heavy atom. The molecule has 0 aliphatic carbocycles. The minimum Gasteiger partial charge on any atom is -0.494 e. The molecule has 4 nitrogen and oxygen atoms in total. The predicted molar refractivity (Wildman–Crippen MR) is 91.0 cm³/mol. The van der Waals surface area contributed by atoms with E-state index in [1.807, 2.05) is 0 Å². The van der Waals surface area contributed by atoms with Crippen LogP contribution in [0.3, 0.4) is 0 Å². The molecule has 3 aromatic rings. The summed E-state index contributed by atoms with van der Waals surface area (Å²) in [6.45, 7) is 0.216. The van der Waals surface area contributed by atoms with Crippen LogP contribution in [0.1, 0.15) is 16.1 Å². The number of halogens is 3. The molecule has 124 valence electrons. The first-order chi connectivity index (χ1) is 11.4. The van der Waals surface area contributed by atoms with Gasteiger partial charge in [0, 0.05) is 18.0 Å². The fourth-order valence-electron chi connectivity index (χ4n) is 2.59. The molecule has 24 heavy (non-hydrogen) atoms. The SMILES string of the molecule is COc1cc2cc(C(=O)O)n(Cc3ccc(Cl)c(Cl)c3)c2cc1F. The standard InChI is InChI=1S/C17H12Cl2FNO3/c1-24-16-6-10-5-15(17(22)23)21(14(10)7-13(16)20)8-9-2-3-11(18)12(19)4-9/h2-7H,8H2,1H3,(H,22,23). The van der Waals surface area contributed by atoms with Crippen LogP contribution in [-0.4, -0.2) is 22.8 Å². The third kappa shape index (κ3) is 2.92. The lowest BCUT2D eigenvalue weighted by Gasteiger charge is -2.10. The second-order valence-electron chi connectivity index (χ2n) is 5.21. The first kappa shape index (κ1) is 16.6. The molecule has 0 atom stereocenters. The number of fused-ring (bicyclic) bond motifs is 1. The number of aromatic nitrogens is 1. The number of carbonyl (C=O) groups is 1. The third-order valence-corrected chi connectivity index (χ3v) is 4.46. The molecule has 0 fully saturated rings. The van der Waals surface area contributed by atoms with Gasteiger partial charge in [0.15, 0.2) is 11.6 Å². The van der Waals surface area contributed by atoms with Crippen molar-refractivity contribution in [2.24, 2.45) is 0 Å². The van der Waals surface area contributed by atoms with Crippen LogP contribution in [-0.2, 0) is 6.54 Å². The second-order valence-corrected chi connectivity index (χ2v) is 6.03. The van der Waals surface area contributed by atoms with E-state index < -0.39 is 11.8 Å². The Bertz CT molecular complexity index is 953. The predicted octanol–water partition coefficient (Wildman–Crippen LogP) is 4.84. The molecule has 1 aromatic heterocycles. The summed E-state index contributed by atoms with van der Waals surface area (Å²) in [4.78, 5) is 11.5. The zero-order chi connectivity index (χ0) is 17.4. The van der Waals surface area contributed by atoms with Crippen molar-refractivity contribution in [3.8, 4) is 5.75 Å². The Hall–Kier alpha value is -2.24. The van der Waals surface area contributed by atoms with E-state index in [0.29, 0.717) is 20.9 Å². The summed E-state index contributed by atoms with van der Waals surface area (Å²) >= 11 is 11.9. The minimum absolute atomic E-state index is 0.0451. The lowest BCUT2D eigenvalue weighted by Crippen LogP contribution is -2.09. The van der Waals surface area contributed by atoms with Crippen molar-refractivity contribution in [3.63, 3.8) is 0 Å². The molecule has 3 rings (SSSR count). The molecule has 0 radical (unpaired) electrons. The number of nitrogens with zero attached hydrogens (tertiary/aromatic N) is 1. The summed E-state index contributed by atoms with van der Waals surface area (Å²) in [7, 11) is 1.36. The molecule has 7 heteroatoms. The molecule has 0 saturated heterocycles. The summed E-state index contributed by atoms with van der Waals surface area (Å²) in [6.07, 6.45) is 0. The fraction of sp³-hybridized carbons (Fsp3) is 0.118. The van der Waals surface area contributed by atoms with E-state index in [2.05, 4.69) is 0 Å². The molecule has 0 saturated carbocycles. The van der Waals surface area contributed by atoms with Crippen molar-refractivity contribution in [3.05, 3.63) is 63.5 Å². The second kappa shape index (κ2) is 6.34. The van der Waals surface area contributed by atoms with Gasteiger partial charge in [-0.15, -0.1) is 0 Å². The number of aromatic carboxylic acids is 1. The highest BCUT2D eigenvalue weighted by Gasteiger charge is 2.17. The molecular weight excluding hydrogens is 356 g/mol. The highest BCUT2D eigenvalue weighted by atomic mass is 35.5. The van der Waals surface area contributed by atoms with E-state index in [1.54, 1.807) is 18.2 Å². The van der Waals surface area contributed by atoms with Crippen molar-refractivity contribution < 1.29 is 19.0 Å². The summed E-state index contributed by atoms with van der Waals surface area (Å²) in [5.41, 5.74) is 1.25. The maximum atomic E-state index is 14.0. The molecule has 2 aromatic carbocycles. The van der Waals surface area contributed by atoms with E-state index in [1.165, 1.54) is 29.9 Å². The van der Waals surface area contributed by atoms with Crippen LogP contribution >= 0.6 is 23.2 Å². The smallest absolute Gasteiger partial charge is 0.352 e. The van der Waals surface area contributed by atoms with Crippen molar-refractivity contribution in [1.82, 2.24) is 4.57 Å². The van der Waals surface area contributed by atoms with Crippen molar-refractivity contribution in [2.45, 2.75) is 6.54 Å². The monoisotopic (exact) mass is 367 g/mol. The van der Waals surface area contributed by atoms with Gasteiger partial charge in [-0.05, 0) is 29.8 Å². The Labute approximate surface area is 147 Å². The van der Waals surface area contributed by atoms with E-state index >= 15 is 0 Å². The van der Waals surface area contributed by atoms with Crippen LogP contribution in [0.15, 0.2) is 36.4 Å². The highest BCUT2D eigenvalue weighted by Crippen LogP contribution is 2.29. The number of carboxylic acids is 1. The summed E-state index contributed by atoms with van der Waals surface area (Å²) in [6, 6.07) is 9.25. The van der Waals surface area contributed by atoms with Gasteiger partial charge in [-0.1, -0.05) is 29.3 Å². The van der Waals surface area contributed by atoms with Gasteiger partial charge >= 0.3 is 5.97 Å². The minimum atomic E-state index is -1.11. The Morgan fingerprint density at radius 1 is 1.21 bits per heavy atom. The summed E-state index contributed by atoms with van der Waals surface area (Å²) in [5, 5.41) is 10.8. The molecule has 0 aliphatic heterocycles. The number of benzene rings is 2. The Kier molecular flexibility index (Phi) is 4.39. The average Bonchev–Trinajstić information content (AvgIpc) is 2.88. The van der Waals surface area contributed by atoms with Crippen LogP contribution in [0, 0.1) is 5.82 Å². The Morgan fingerprint density at radius 3 is 2.58 bits per heavy atom. The quantitative estimate of drug-likeness (QED) is 0.717. The molecular formula is C17H12Cl2FNO3. The zero-order valence-electron chi connectivity index (χ0n) is 12.5. The first-order valence-corrected chi connectivity index (χ1v) is 7.70. The van der Waals surface area contributed by atoms with E-state index in [-0.39, 0.29) is 18.0 Å². The average molecular weight is 368 g/mol. The molecule has 0 unspecified atom stereocenters. The van der Waals surface area contributed by atoms with E-state index in [4.69, 9.17) is 27.9 Å². The zero-order valence-corrected chi connectivity index (χ0v) is 14.0. The highest BCUT2D eigenvalue weighted by molar-refractivity contribution is 6.42. The maximum absolute atomic E-state index is 14.0. The number of ether oxygens (including phenoxy) is 1. The van der Waals surface area contributed by atoms with Crippen LogP contribution < -0.4 is 4.74 Å². The number of methoxy groups -OCH3 is 1. The van der Waals surface area contributed by atoms with Gasteiger partial charge in [-0.2, -0.15) is 0 Å². The van der Waals surface area contributed by atoms with E-state index in [0.717, 1.165) is 5.56 Å². The van der Waals surface area contributed by atoms with Gasteiger partial charge in [0.2, 0.25) is 0 Å². The fourth-order valence-corrected chi connectivity index (χ4v) is 2.91. The normalized spacial score (nSPS) is 11.0. The third-order valence-electron chi connectivity index (χ3n) is 3.72. The molecule has 0 aliphatic rings. The summed E-state index contributed by atoms with van der Waals surface area (Å²) < 4.78 is 20.5. The van der Waals surface area contributed by atoms with Gasteiger partial charge in [-0.25, -0.2) is 9.18 Å². The summed E-state index contributed by atoms with van der Waals surface area (Å²) in [5.74, 6) is -1.60. The van der Waals surface area contributed by atoms with Gasteiger partial charge in [0.25, 0.3) is 0 Å². The van der Waals surface area contributed by atoms with Gasteiger partial charge < -0.3 is 14.4 Å². The van der Waals surface area contributed by atoms with Crippen LogP contribution in [0.5, 0.6) is 5.75 Å². The topological polar surface area (TPSA) is 51.5 Å². The lowest BCUT2D eigenvalue weighted by molar-refractivity contribution is 0.0686. The van der Waals surface area contributed by atoms with Crippen molar-refractivity contribution in [1.29, 1.82) is 0 Å². The van der Waals surface area contributed by atoms with Crippen molar-refractivity contribution >= 4 is 40.1 Å². The first-order valence-electron chi connectivity index (χ1n) is 6.94. The van der Waals surface area contributed by atoms with Crippen LogP contribution in [0.2, 0.25) is 10.0 Å². The molecule has 1 N–H and O–H groups in total. The number of carboxylic acid groups (broad SMARTS) is 1. The molecule has 1 heterocycles. The molecule has 0 bridgehead atoms. The van der Waals surface area contributed by atoms with Gasteiger partial charge in [-0.3, -0.25) is 0 Å². The number of hydrogen-bond donors (Lipinski definition) is 1. The van der Waals surface area contributed by atoms with E-state index in [9.17, 15) is 14.3 Å². The van der Waals surface area contributed by atoms with Crippen molar-refractivity contribution in [2.75, 3.05) is 7.11 Å². The maximum Gasteiger partial charge on any atom is 0.352 e. The van der Waals surface area contributed by atoms with Gasteiger partial charge in [0.05, 0.1) is 22.7 Å². The molecule has 0 spiro atoms. The Balaban J connectivity index is 2.17. The van der Waals surface area contributed by atoms with Crippen LogP contribution in [0.25, 0.3) is 10.9 Å². The number of hydrogen-bond acceptors (Lipinski definition) is 2. The van der Waals surface area contributed by atoms with Crippen LogP contribution in [0.4, 0.5) is 4.39 Å². The number of rotatable bonds is 4. The van der Waals surface area contributed by atoms with Gasteiger partial charge in [0.1, 0.15) is 5.69 Å². The molecule has 0 amide bonds. The largest absolute Gasteiger partial charge is 0.494 e.